The predicted molar refractivity (Wildman–Crippen MR) is 122 cm³/mol. The van der Waals surface area contributed by atoms with Crippen molar-refractivity contribution in [1.29, 1.82) is 0 Å². The summed E-state index contributed by atoms with van der Waals surface area (Å²) in [4.78, 5) is 28.8. The van der Waals surface area contributed by atoms with Crippen molar-refractivity contribution in [3.8, 4) is 22.8 Å². The van der Waals surface area contributed by atoms with Crippen LogP contribution in [0.5, 0.6) is 11.5 Å². The molecule has 0 spiro atoms. The molecule has 0 aliphatic heterocycles. The van der Waals surface area contributed by atoms with Crippen LogP contribution in [-0.2, 0) is 9.59 Å². The number of carbonyl (C=O) groups excluding carboxylic acids is 2. The molecule has 0 fully saturated rings. The summed E-state index contributed by atoms with van der Waals surface area (Å²) < 4.78 is 10.7. The number of nitrogens with one attached hydrogen (secondary N) is 2. The van der Waals surface area contributed by atoms with E-state index in [1.54, 1.807) is 44.6 Å². The monoisotopic (exact) mass is 459 g/mol. The van der Waals surface area contributed by atoms with Gasteiger partial charge in [-0.05, 0) is 29.8 Å². The second-order valence-corrected chi connectivity index (χ2v) is 7.90. The van der Waals surface area contributed by atoms with Crippen LogP contribution in [0.15, 0.2) is 47.8 Å². The fourth-order valence-corrected chi connectivity index (χ4v) is 4.06. The molecule has 0 saturated heterocycles. The van der Waals surface area contributed by atoms with Crippen molar-refractivity contribution in [1.82, 2.24) is 10.3 Å². The van der Waals surface area contributed by atoms with Crippen LogP contribution >= 0.6 is 22.9 Å². The molecule has 162 valence electrons. The molecular weight excluding hydrogens is 438 g/mol. The fourth-order valence-electron chi connectivity index (χ4n) is 3.07. The number of methoxy groups -OCH3 is 2. The third-order valence-electron chi connectivity index (χ3n) is 4.48. The predicted octanol–water partition coefficient (Wildman–Crippen LogP) is 4.69. The Hall–Kier alpha value is -3.10. The van der Waals surface area contributed by atoms with Crippen molar-refractivity contribution in [2.75, 3.05) is 19.5 Å². The number of rotatable bonds is 8. The molecular formula is C22H22ClN3O4S. The second-order valence-electron chi connectivity index (χ2n) is 6.63. The van der Waals surface area contributed by atoms with Gasteiger partial charge < -0.3 is 20.1 Å². The highest BCUT2D eigenvalue weighted by Gasteiger charge is 2.20. The number of carbonyl (C=O) groups is 2. The van der Waals surface area contributed by atoms with Gasteiger partial charge in [-0.15, -0.1) is 11.3 Å². The van der Waals surface area contributed by atoms with Crippen molar-refractivity contribution < 1.29 is 19.1 Å². The largest absolute Gasteiger partial charge is 0.497 e. The molecule has 1 atom stereocenters. The molecule has 3 aromatic rings. The second kappa shape index (κ2) is 10.3. The third-order valence-corrected chi connectivity index (χ3v) is 5.58. The Morgan fingerprint density at radius 3 is 2.61 bits per heavy atom. The van der Waals surface area contributed by atoms with Crippen molar-refractivity contribution in [2.24, 2.45) is 0 Å². The number of hydrogen-bond donors (Lipinski definition) is 2. The molecule has 1 aromatic heterocycles. The molecule has 2 aromatic carbocycles. The maximum absolute atomic E-state index is 12.7. The van der Waals surface area contributed by atoms with Crippen LogP contribution in [0.2, 0.25) is 5.02 Å². The molecule has 9 heteroatoms. The molecule has 2 N–H and O–H groups in total. The van der Waals surface area contributed by atoms with E-state index >= 15 is 0 Å². The minimum Gasteiger partial charge on any atom is -0.497 e. The van der Waals surface area contributed by atoms with E-state index in [-0.39, 0.29) is 18.2 Å². The zero-order valence-electron chi connectivity index (χ0n) is 17.3. The van der Waals surface area contributed by atoms with Gasteiger partial charge in [0.2, 0.25) is 11.8 Å². The van der Waals surface area contributed by atoms with E-state index in [4.69, 9.17) is 21.1 Å². The molecule has 7 nitrogen and oxygen atoms in total. The highest BCUT2D eigenvalue weighted by molar-refractivity contribution is 7.14. The van der Waals surface area contributed by atoms with Crippen molar-refractivity contribution in [2.45, 2.75) is 19.4 Å². The lowest BCUT2D eigenvalue weighted by Gasteiger charge is -2.18. The highest BCUT2D eigenvalue weighted by atomic mass is 35.5. The van der Waals surface area contributed by atoms with E-state index in [1.165, 1.54) is 18.3 Å². The Labute approximate surface area is 189 Å². The number of benzene rings is 2. The standard InChI is InChI=1S/C22H22ClN3O4S/c1-13(27)24-18(15-6-4-5-7-17(15)23)11-21(28)26-22-25-19(12-31-22)16-10-14(29-2)8-9-20(16)30-3/h4-10,12,18H,11H2,1-3H3,(H,24,27)(H,25,26,28)/t18-/m0/s1. The Kier molecular flexibility index (Phi) is 7.49. The average Bonchev–Trinajstić information content (AvgIpc) is 3.21. The lowest BCUT2D eigenvalue weighted by Crippen LogP contribution is -2.30. The normalized spacial score (nSPS) is 11.5. The quantitative estimate of drug-likeness (QED) is 0.510. The van der Waals surface area contributed by atoms with Gasteiger partial charge in [0.25, 0.3) is 0 Å². The Morgan fingerprint density at radius 1 is 1.16 bits per heavy atom. The van der Waals surface area contributed by atoms with Crippen molar-refractivity contribution in [3.05, 3.63) is 58.4 Å². The Balaban J connectivity index is 1.76. The van der Waals surface area contributed by atoms with Crippen LogP contribution < -0.4 is 20.1 Å². The van der Waals surface area contributed by atoms with Gasteiger partial charge >= 0.3 is 0 Å². The molecule has 31 heavy (non-hydrogen) atoms. The van der Waals surface area contributed by atoms with Crippen molar-refractivity contribution >= 4 is 39.9 Å². The maximum atomic E-state index is 12.7. The Morgan fingerprint density at radius 2 is 1.94 bits per heavy atom. The van der Waals surface area contributed by atoms with Gasteiger partial charge in [-0.25, -0.2) is 4.98 Å². The lowest BCUT2D eigenvalue weighted by molar-refractivity contribution is -0.120. The molecule has 2 amide bonds. The van der Waals surface area contributed by atoms with Crippen LogP contribution in [0.3, 0.4) is 0 Å². The van der Waals surface area contributed by atoms with Crippen LogP contribution in [0, 0.1) is 0 Å². The molecule has 0 saturated carbocycles. The van der Waals surface area contributed by atoms with Gasteiger partial charge in [-0.3, -0.25) is 9.59 Å². The first-order valence-corrected chi connectivity index (χ1v) is 10.7. The van der Waals surface area contributed by atoms with Crippen LogP contribution in [0.1, 0.15) is 24.9 Å². The molecule has 3 rings (SSSR count). The summed E-state index contributed by atoms with van der Waals surface area (Å²) in [5.41, 5.74) is 2.09. The average molecular weight is 460 g/mol. The van der Waals surface area contributed by atoms with Gasteiger partial charge in [0.1, 0.15) is 11.5 Å². The summed E-state index contributed by atoms with van der Waals surface area (Å²) in [5, 5.41) is 8.32. The first kappa shape index (κ1) is 22.6. The van der Waals surface area contributed by atoms with E-state index < -0.39 is 6.04 Å². The molecule has 0 unspecified atom stereocenters. The van der Waals surface area contributed by atoms with Crippen LogP contribution in [0.4, 0.5) is 5.13 Å². The summed E-state index contributed by atoms with van der Waals surface area (Å²) in [5.74, 6) is 0.775. The zero-order chi connectivity index (χ0) is 22.4. The van der Waals surface area contributed by atoms with Crippen molar-refractivity contribution in [3.63, 3.8) is 0 Å². The van der Waals surface area contributed by atoms with Gasteiger partial charge in [0, 0.05) is 22.9 Å². The minimum absolute atomic E-state index is 0.0146. The number of halogens is 1. The highest BCUT2D eigenvalue weighted by Crippen LogP contribution is 2.35. The number of nitrogens with zero attached hydrogens (tertiary/aromatic N) is 1. The van der Waals surface area contributed by atoms with Crippen LogP contribution in [0.25, 0.3) is 11.3 Å². The lowest BCUT2D eigenvalue weighted by atomic mass is 10.0. The van der Waals surface area contributed by atoms with E-state index in [9.17, 15) is 9.59 Å². The van der Waals surface area contributed by atoms with E-state index in [0.29, 0.717) is 32.9 Å². The fraction of sp³-hybridized carbons (Fsp3) is 0.227. The topological polar surface area (TPSA) is 89.5 Å². The van der Waals surface area contributed by atoms with E-state index in [2.05, 4.69) is 15.6 Å². The summed E-state index contributed by atoms with van der Waals surface area (Å²) in [6.07, 6.45) is 0.0146. The van der Waals surface area contributed by atoms with E-state index in [1.807, 2.05) is 17.5 Å². The molecule has 0 bridgehead atoms. The van der Waals surface area contributed by atoms with Gasteiger partial charge in [-0.2, -0.15) is 0 Å². The molecule has 0 radical (unpaired) electrons. The first-order valence-electron chi connectivity index (χ1n) is 9.40. The SMILES string of the molecule is COc1ccc(OC)c(-c2csc(NC(=O)C[C@H](NC(C)=O)c3ccccc3Cl)n2)c1. The first-order chi connectivity index (χ1) is 14.9. The number of ether oxygens (including phenoxy) is 2. The summed E-state index contributed by atoms with van der Waals surface area (Å²) in [6.45, 7) is 1.40. The number of hydrogen-bond acceptors (Lipinski definition) is 6. The van der Waals surface area contributed by atoms with Gasteiger partial charge in [0.05, 0.1) is 32.4 Å². The zero-order valence-corrected chi connectivity index (χ0v) is 18.8. The summed E-state index contributed by atoms with van der Waals surface area (Å²) in [6, 6.07) is 12.0. The summed E-state index contributed by atoms with van der Waals surface area (Å²) in [7, 11) is 3.17. The number of amides is 2. The minimum atomic E-state index is -0.552. The summed E-state index contributed by atoms with van der Waals surface area (Å²) >= 11 is 7.55. The molecule has 0 aliphatic rings. The number of thiazole rings is 1. The smallest absolute Gasteiger partial charge is 0.228 e. The van der Waals surface area contributed by atoms with Gasteiger partial charge in [-0.1, -0.05) is 29.8 Å². The number of aromatic nitrogens is 1. The molecule has 1 heterocycles. The van der Waals surface area contributed by atoms with E-state index in [0.717, 1.165) is 5.56 Å². The Bertz CT molecular complexity index is 1090. The third kappa shape index (κ3) is 5.74. The molecule has 0 aliphatic carbocycles. The maximum Gasteiger partial charge on any atom is 0.228 e. The van der Waals surface area contributed by atoms with Gasteiger partial charge in [0.15, 0.2) is 5.13 Å². The number of anilines is 1. The van der Waals surface area contributed by atoms with Crippen LogP contribution in [-0.4, -0.2) is 31.0 Å².